The fourth-order valence-corrected chi connectivity index (χ4v) is 3.71. The molecule has 4 N–H and O–H groups in total. The van der Waals surface area contributed by atoms with Crippen molar-refractivity contribution >= 4 is 22.6 Å². The molecule has 1 aromatic carbocycles. The van der Waals surface area contributed by atoms with Crippen LogP contribution < -0.4 is 26.1 Å². The number of aromatic nitrogens is 3. The summed E-state index contributed by atoms with van der Waals surface area (Å²) in [6.45, 7) is 4.08. The molecule has 0 radical (unpaired) electrons. The molecule has 28 heavy (non-hydrogen) atoms. The lowest BCUT2D eigenvalue weighted by molar-refractivity contribution is -0.915. The Morgan fingerprint density at radius 1 is 1.14 bits per heavy atom. The van der Waals surface area contributed by atoms with Crippen molar-refractivity contribution in [3.8, 4) is 0 Å². The van der Waals surface area contributed by atoms with Crippen LogP contribution in [0.25, 0.3) is 10.9 Å². The number of aromatic amines is 1. The minimum absolute atomic E-state index is 0.148. The Bertz CT molecular complexity index is 1040. The van der Waals surface area contributed by atoms with Gasteiger partial charge in [-0.25, -0.2) is 9.97 Å². The summed E-state index contributed by atoms with van der Waals surface area (Å²) in [7, 11) is 0. The van der Waals surface area contributed by atoms with Crippen LogP contribution in [0.2, 0.25) is 0 Å². The summed E-state index contributed by atoms with van der Waals surface area (Å²) in [6.07, 6.45) is 1.93. The quantitative estimate of drug-likeness (QED) is 0.569. The molecule has 0 saturated carbocycles. The summed E-state index contributed by atoms with van der Waals surface area (Å²) in [5.41, 5.74) is 5.82. The molecule has 3 aromatic rings. The van der Waals surface area contributed by atoms with Crippen molar-refractivity contribution in [1.29, 1.82) is 0 Å². The van der Waals surface area contributed by atoms with E-state index in [1.165, 1.54) is 9.47 Å². The number of carbonyl (C=O) groups excluding carboxylic acids is 1. The van der Waals surface area contributed by atoms with Crippen molar-refractivity contribution in [3.05, 3.63) is 64.8 Å². The van der Waals surface area contributed by atoms with Gasteiger partial charge < -0.3 is 10.6 Å². The number of anilines is 1. The highest BCUT2D eigenvalue weighted by atomic mass is 16.2. The van der Waals surface area contributed by atoms with E-state index < -0.39 is 5.91 Å². The van der Waals surface area contributed by atoms with Crippen LogP contribution in [-0.2, 0) is 17.9 Å². The Kier molecular flexibility index (Phi) is 5.03. The monoisotopic (exact) mass is 380 g/mol. The maximum Gasteiger partial charge on any atom is 0.274 e. The van der Waals surface area contributed by atoms with Crippen LogP contribution >= 0.6 is 0 Å². The van der Waals surface area contributed by atoms with E-state index in [1.54, 1.807) is 12.1 Å². The van der Waals surface area contributed by atoms with Gasteiger partial charge in [-0.15, -0.1) is 0 Å². The number of rotatable bonds is 5. The Balaban J connectivity index is 1.56. The zero-order chi connectivity index (χ0) is 19.5. The van der Waals surface area contributed by atoms with Gasteiger partial charge in [-0.1, -0.05) is 18.2 Å². The Morgan fingerprint density at radius 2 is 1.89 bits per heavy atom. The molecule has 0 bridgehead atoms. The van der Waals surface area contributed by atoms with Gasteiger partial charge in [-0.3, -0.25) is 19.1 Å². The van der Waals surface area contributed by atoms with Gasteiger partial charge in [-0.05, 0) is 18.2 Å². The molecule has 8 nitrogen and oxygen atoms in total. The number of carbonyl (C=O) groups is 1. The Morgan fingerprint density at radius 3 is 2.61 bits per heavy atom. The smallest absolute Gasteiger partial charge is 0.274 e. The number of quaternary nitrogens is 1. The fraction of sp³-hybridized carbons (Fsp3) is 0.300. The van der Waals surface area contributed by atoms with Gasteiger partial charge in [0.15, 0.2) is 5.82 Å². The molecular weight excluding hydrogens is 356 g/mol. The number of hydrogen-bond donors (Lipinski definition) is 2. The van der Waals surface area contributed by atoms with Crippen molar-refractivity contribution in [3.63, 3.8) is 0 Å². The average molecular weight is 380 g/mol. The standard InChI is InChI=1S/C20H22N6O2/c21-17(27)13-26-19(23-16-6-2-1-5-15(16)20(26)28)14-24-9-11-25(12-10-24)18-7-3-4-8-22-18/h1-8H,9-14H2,(H2,21,27)/p+2. The molecule has 8 heteroatoms. The molecule has 4 rings (SSSR count). The topological polar surface area (TPSA) is 99.8 Å². The number of para-hydroxylation sites is 1. The molecule has 144 valence electrons. The number of piperazine rings is 1. The first-order chi connectivity index (χ1) is 13.6. The van der Waals surface area contributed by atoms with E-state index in [-0.39, 0.29) is 12.1 Å². The lowest BCUT2D eigenvalue weighted by Gasteiger charge is -2.28. The summed E-state index contributed by atoms with van der Waals surface area (Å²) < 4.78 is 1.43. The van der Waals surface area contributed by atoms with Crippen LogP contribution in [0.3, 0.4) is 0 Å². The van der Waals surface area contributed by atoms with Crippen molar-refractivity contribution < 1.29 is 14.7 Å². The Hall–Kier alpha value is -3.26. The molecule has 1 aliphatic rings. The number of fused-ring (bicyclic) bond motifs is 1. The minimum Gasteiger partial charge on any atom is -0.368 e. The largest absolute Gasteiger partial charge is 0.368 e. The third kappa shape index (κ3) is 3.72. The van der Waals surface area contributed by atoms with E-state index in [1.807, 2.05) is 30.5 Å². The van der Waals surface area contributed by atoms with Gasteiger partial charge >= 0.3 is 0 Å². The maximum absolute atomic E-state index is 12.9. The van der Waals surface area contributed by atoms with Gasteiger partial charge in [0, 0.05) is 6.07 Å². The highest BCUT2D eigenvalue weighted by Crippen LogP contribution is 2.08. The highest BCUT2D eigenvalue weighted by molar-refractivity contribution is 5.78. The highest BCUT2D eigenvalue weighted by Gasteiger charge is 2.27. The number of H-pyrrole nitrogens is 1. The van der Waals surface area contributed by atoms with E-state index >= 15 is 0 Å². The molecule has 2 aromatic heterocycles. The molecule has 1 fully saturated rings. The van der Waals surface area contributed by atoms with E-state index in [2.05, 4.69) is 20.9 Å². The molecule has 1 saturated heterocycles. The second-order valence-electron chi connectivity index (χ2n) is 7.06. The first kappa shape index (κ1) is 18.1. The summed E-state index contributed by atoms with van der Waals surface area (Å²) in [4.78, 5) is 36.0. The van der Waals surface area contributed by atoms with Crippen molar-refractivity contribution in [2.75, 3.05) is 31.1 Å². The average Bonchev–Trinajstić information content (AvgIpc) is 2.72. The van der Waals surface area contributed by atoms with Crippen LogP contribution in [0.1, 0.15) is 5.82 Å². The Labute approximate surface area is 162 Å². The number of primary amides is 1. The van der Waals surface area contributed by atoms with E-state index in [9.17, 15) is 9.59 Å². The minimum atomic E-state index is -0.542. The molecule has 0 atom stereocenters. The molecule has 0 aliphatic carbocycles. The summed E-state index contributed by atoms with van der Waals surface area (Å²) in [6, 6.07) is 13.3. The van der Waals surface area contributed by atoms with E-state index in [0.29, 0.717) is 23.3 Å². The molecule has 0 spiro atoms. The number of hydrogen-bond acceptors (Lipinski definition) is 4. The molecule has 1 amide bonds. The summed E-state index contributed by atoms with van der Waals surface area (Å²) in [5, 5.41) is 0.506. The molecule has 0 unspecified atom stereocenters. The molecule has 1 aliphatic heterocycles. The van der Waals surface area contributed by atoms with Crippen molar-refractivity contribution in [2.45, 2.75) is 13.1 Å². The van der Waals surface area contributed by atoms with E-state index in [0.717, 1.165) is 32.0 Å². The van der Waals surface area contributed by atoms with Gasteiger partial charge in [-0.2, -0.15) is 0 Å². The maximum atomic E-state index is 12.9. The van der Waals surface area contributed by atoms with Crippen LogP contribution in [0.4, 0.5) is 5.82 Å². The number of benzene rings is 1. The lowest BCUT2D eigenvalue weighted by atomic mass is 10.2. The molecule has 3 heterocycles. The van der Waals surface area contributed by atoms with Gasteiger partial charge in [0.2, 0.25) is 5.91 Å². The number of pyridine rings is 1. The first-order valence-corrected chi connectivity index (χ1v) is 9.44. The van der Waals surface area contributed by atoms with Gasteiger partial charge in [0.05, 0.1) is 17.1 Å². The molecular formula is C20H24N6O2+2. The zero-order valence-electron chi connectivity index (χ0n) is 15.6. The normalized spacial score (nSPS) is 15.1. The van der Waals surface area contributed by atoms with Crippen LogP contribution in [-0.4, -0.2) is 41.6 Å². The van der Waals surface area contributed by atoms with Gasteiger partial charge in [0.1, 0.15) is 39.3 Å². The predicted octanol–water partition coefficient (Wildman–Crippen LogP) is -1.40. The fourth-order valence-electron chi connectivity index (χ4n) is 3.71. The first-order valence-electron chi connectivity index (χ1n) is 9.44. The van der Waals surface area contributed by atoms with Crippen molar-refractivity contribution in [2.24, 2.45) is 5.73 Å². The van der Waals surface area contributed by atoms with Gasteiger partial charge in [0.25, 0.3) is 11.4 Å². The van der Waals surface area contributed by atoms with Crippen LogP contribution in [0.5, 0.6) is 0 Å². The van der Waals surface area contributed by atoms with Crippen LogP contribution in [0.15, 0.2) is 53.5 Å². The number of nitrogens with one attached hydrogen (secondary N) is 2. The van der Waals surface area contributed by atoms with Crippen LogP contribution in [0, 0.1) is 0 Å². The summed E-state index contributed by atoms with van der Waals surface area (Å²) >= 11 is 0. The number of nitrogens with zero attached hydrogens (tertiary/aromatic N) is 3. The third-order valence-corrected chi connectivity index (χ3v) is 5.17. The second kappa shape index (κ2) is 7.77. The second-order valence-corrected chi connectivity index (χ2v) is 7.06. The van der Waals surface area contributed by atoms with Crippen molar-refractivity contribution in [1.82, 2.24) is 9.55 Å². The number of nitrogens with two attached hydrogens (primary N) is 1. The number of amides is 1. The zero-order valence-corrected chi connectivity index (χ0v) is 15.6. The SMILES string of the molecule is NC(=O)Cn1c(C[NH+]2CCN(c3cccc[nH+]3)CC2)nc2ccccc2c1=O. The summed E-state index contributed by atoms with van der Waals surface area (Å²) in [5.74, 6) is 1.17. The predicted molar refractivity (Wildman–Crippen MR) is 105 cm³/mol. The third-order valence-electron chi connectivity index (χ3n) is 5.17. The van der Waals surface area contributed by atoms with E-state index in [4.69, 9.17) is 5.73 Å². The lowest BCUT2D eigenvalue weighted by Crippen LogP contribution is -3.13.